The van der Waals surface area contributed by atoms with Gasteiger partial charge in [-0.15, -0.1) is 0 Å². The predicted octanol–water partition coefficient (Wildman–Crippen LogP) is 3.77. The Bertz CT molecular complexity index is 723. The molecular weight excluding hydrogens is 316 g/mol. The quantitative estimate of drug-likeness (QED) is 0.924. The fourth-order valence-corrected chi connectivity index (χ4v) is 3.32. The molecule has 0 saturated carbocycles. The molecule has 1 saturated heterocycles. The molecular formula is C18H19F2NO3. The minimum absolute atomic E-state index is 0.139. The molecule has 1 aromatic heterocycles. The molecule has 1 N–H and O–H groups in total. The number of piperidine rings is 1. The van der Waals surface area contributed by atoms with Crippen molar-refractivity contribution in [2.45, 2.75) is 19.9 Å². The molecule has 0 amide bonds. The Kier molecular flexibility index (Phi) is 4.66. The summed E-state index contributed by atoms with van der Waals surface area (Å²) in [5.74, 6) is -1.56. The van der Waals surface area contributed by atoms with Crippen LogP contribution in [0.4, 0.5) is 8.78 Å². The molecule has 0 spiro atoms. The topological polar surface area (TPSA) is 53.7 Å². The number of carboxylic acid groups (broad SMARTS) is 1. The van der Waals surface area contributed by atoms with Gasteiger partial charge in [0.15, 0.2) is 0 Å². The number of carbonyl (C=O) groups is 1. The van der Waals surface area contributed by atoms with E-state index in [1.54, 1.807) is 12.1 Å². The maximum absolute atomic E-state index is 13.8. The van der Waals surface area contributed by atoms with Gasteiger partial charge >= 0.3 is 5.97 Å². The Morgan fingerprint density at radius 2 is 1.96 bits per heavy atom. The van der Waals surface area contributed by atoms with Crippen LogP contribution in [0.3, 0.4) is 0 Å². The molecule has 0 radical (unpaired) electrons. The molecule has 128 valence electrons. The van der Waals surface area contributed by atoms with Crippen molar-refractivity contribution in [3.05, 3.63) is 47.7 Å². The smallest absolute Gasteiger partial charge is 0.307 e. The van der Waals surface area contributed by atoms with Gasteiger partial charge < -0.3 is 9.52 Å². The summed E-state index contributed by atoms with van der Waals surface area (Å²) in [6.45, 7) is 3.66. The summed E-state index contributed by atoms with van der Waals surface area (Å²) in [7, 11) is 0. The zero-order chi connectivity index (χ0) is 17.3. The first-order valence-corrected chi connectivity index (χ1v) is 7.92. The van der Waals surface area contributed by atoms with Crippen LogP contribution in [-0.4, -0.2) is 29.1 Å². The van der Waals surface area contributed by atoms with E-state index in [1.165, 1.54) is 18.2 Å². The summed E-state index contributed by atoms with van der Waals surface area (Å²) in [5.41, 5.74) is -0.181. The van der Waals surface area contributed by atoms with Crippen molar-refractivity contribution in [2.24, 2.45) is 11.8 Å². The third kappa shape index (κ3) is 3.48. The maximum atomic E-state index is 13.8. The van der Waals surface area contributed by atoms with Gasteiger partial charge in [0.05, 0.1) is 18.0 Å². The molecule has 1 aliphatic rings. The lowest BCUT2D eigenvalue weighted by Crippen LogP contribution is -2.41. The summed E-state index contributed by atoms with van der Waals surface area (Å²) >= 11 is 0. The minimum Gasteiger partial charge on any atom is -0.481 e. The van der Waals surface area contributed by atoms with Crippen LogP contribution in [0.1, 0.15) is 19.1 Å². The highest BCUT2D eigenvalue weighted by Crippen LogP contribution is 2.29. The van der Waals surface area contributed by atoms with Gasteiger partial charge in [-0.1, -0.05) is 13.0 Å². The molecule has 2 heterocycles. The van der Waals surface area contributed by atoms with Gasteiger partial charge in [0.2, 0.25) is 0 Å². The molecule has 4 nitrogen and oxygen atoms in total. The van der Waals surface area contributed by atoms with Gasteiger partial charge in [-0.05, 0) is 36.6 Å². The Labute approximate surface area is 138 Å². The zero-order valence-electron chi connectivity index (χ0n) is 13.3. The highest BCUT2D eigenvalue weighted by atomic mass is 19.1. The lowest BCUT2D eigenvalue weighted by atomic mass is 9.90. The SMILES string of the molecule is CC1CC(C(=O)O)CN(Cc2ccc(-c3c(F)cccc3F)o2)C1. The Morgan fingerprint density at radius 3 is 2.62 bits per heavy atom. The molecule has 2 atom stereocenters. The fraction of sp³-hybridized carbons (Fsp3) is 0.389. The third-order valence-corrected chi connectivity index (χ3v) is 4.33. The standard InChI is InChI=1S/C18H19F2NO3/c1-11-7-12(18(22)23)9-21(8-11)10-13-5-6-16(24-13)17-14(19)3-2-4-15(17)20/h2-6,11-12H,7-10H2,1H3,(H,22,23). The number of benzene rings is 1. The van der Waals surface area contributed by atoms with Crippen molar-refractivity contribution in [1.29, 1.82) is 0 Å². The number of rotatable bonds is 4. The minimum atomic E-state index is -0.792. The van der Waals surface area contributed by atoms with Crippen molar-refractivity contribution >= 4 is 5.97 Å². The van der Waals surface area contributed by atoms with Crippen molar-refractivity contribution in [1.82, 2.24) is 4.90 Å². The van der Waals surface area contributed by atoms with Crippen molar-refractivity contribution < 1.29 is 23.1 Å². The summed E-state index contributed by atoms with van der Waals surface area (Å²) in [4.78, 5) is 13.2. The van der Waals surface area contributed by atoms with Gasteiger partial charge in [0, 0.05) is 13.1 Å². The van der Waals surface area contributed by atoms with Crippen molar-refractivity contribution in [2.75, 3.05) is 13.1 Å². The predicted molar refractivity (Wildman–Crippen MR) is 84.2 cm³/mol. The van der Waals surface area contributed by atoms with E-state index in [1.807, 2.05) is 11.8 Å². The van der Waals surface area contributed by atoms with E-state index in [0.29, 0.717) is 25.3 Å². The van der Waals surface area contributed by atoms with Gasteiger partial charge in [-0.25, -0.2) is 8.78 Å². The van der Waals surface area contributed by atoms with Crippen LogP contribution < -0.4 is 0 Å². The average Bonchev–Trinajstić information content (AvgIpc) is 2.94. The van der Waals surface area contributed by atoms with Crippen molar-refractivity contribution in [3.8, 4) is 11.3 Å². The number of hydrogen-bond acceptors (Lipinski definition) is 3. The highest BCUT2D eigenvalue weighted by molar-refractivity contribution is 5.70. The first-order valence-electron chi connectivity index (χ1n) is 7.92. The normalized spacial score (nSPS) is 21.8. The molecule has 2 aromatic rings. The monoisotopic (exact) mass is 335 g/mol. The van der Waals surface area contributed by atoms with E-state index >= 15 is 0 Å². The molecule has 2 unspecified atom stereocenters. The first-order chi connectivity index (χ1) is 11.4. The Balaban J connectivity index is 1.76. The number of nitrogens with zero attached hydrogens (tertiary/aromatic N) is 1. The second kappa shape index (κ2) is 6.73. The van der Waals surface area contributed by atoms with Gasteiger partial charge in [-0.3, -0.25) is 9.69 Å². The second-order valence-corrected chi connectivity index (χ2v) is 6.43. The number of aliphatic carboxylic acids is 1. The van der Waals surface area contributed by atoms with Crippen LogP contribution in [0.25, 0.3) is 11.3 Å². The lowest BCUT2D eigenvalue weighted by Gasteiger charge is -2.34. The van der Waals surface area contributed by atoms with E-state index in [9.17, 15) is 18.7 Å². The average molecular weight is 335 g/mol. The van der Waals surface area contributed by atoms with E-state index in [4.69, 9.17) is 4.42 Å². The van der Waals surface area contributed by atoms with Gasteiger partial charge in [0.25, 0.3) is 0 Å². The molecule has 0 aliphatic carbocycles. The van der Waals surface area contributed by atoms with Crippen LogP contribution in [0, 0.1) is 23.5 Å². The summed E-state index contributed by atoms with van der Waals surface area (Å²) in [6.07, 6.45) is 0.662. The Morgan fingerprint density at radius 1 is 1.25 bits per heavy atom. The van der Waals surface area contributed by atoms with Crippen LogP contribution in [0.15, 0.2) is 34.7 Å². The molecule has 3 rings (SSSR count). The van der Waals surface area contributed by atoms with Crippen LogP contribution >= 0.6 is 0 Å². The van der Waals surface area contributed by atoms with Gasteiger partial charge in [-0.2, -0.15) is 0 Å². The van der Waals surface area contributed by atoms with Gasteiger partial charge in [0.1, 0.15) is 23.2 Å². The lowest BCUT2D eigenvalue weighted by molar-refractivity contribution is -0.144. The zero-order valence-corrected chi connectivity index (χ0v) is 13.3. The fourth-order valence-electron chi connectivity index (χ4n) is 3.32. The number of halogens is 2. The van der Waals surface area contributed by atoms with Crippen LogP contribution in [-0.2, 0) is 11.3 Å². The first kappa shape index (κ1) is 16.6. The molecule has 6 heteroatoms. The molecule has 0 bridgehead atoms. The molecule has 24 heavy (non-hydrogen) atoms. The summed E-state index contributed by atoms with van der Waals surface area (Å²) in [6, 6.07) is 6.89. The highest BCUT2D eigenvalue weighted by Gasteiger charge is 2.29. The van der Waals surface area contributed by atoms with Crippen molar-refractivity contribution in [3.63, 3.8) is 0 Å². The number of furan rings is 1. The molecule has 1 aliphatic heterocycles. The summed E-state index contributed by atoms with van der Waals surface area (Å²) < 4.78 is 33.2. The van der Waals surface area contributed by atoms with E-state index in [-0.39, 0.29) is 17.2 Å². The van der Waals surface area contributed by atoms with E-state index in [0.717, 1.165) is 6.54 Å². The van der Waals surface area contributed by atoms with E-state index in [2.05, 4.69) is 0 Å². The maximum Gasteiger partial charge on any atom is 0.307 e. The van der Waals surface area contributed by atoms with Crippen LogP contribution in [0.5, 0.6) is 0 Å². The molecule has 1 fully saturated rings. The largest absolute Gasteiger partial charge is 0.481 e. The van der Waals surface area contributed by atoms with E-state index < -0.39 is 23.5 Å². The Hall–Kier alpha value is -2.21. The number of hydrogen-bond donors (Lipinski definition) is 1. The number of carboxylic acids is 1. The third-order valence-electron chi connectivity index (χ3n) is 4.33. The molecule has 1 aromatic carbocycles. The van der Waals surface area contributed by atoms with Crippen LogP contribution in [0.2, 0.25) is 0 Å². The number of likely N-dealkylation sites (tertiary alicyclic amines) is 1. The summed E-state index contributed by atoms with van der Waals surface area (Å²) in [5, 5.41) is 9.22. The second-order valence-electron chi connectivity index (χ2n) is 6.43.